The van der Waals surface area contributed by atoms with Crippen molar-refractivity contribution in [2.24, 2.45) is 11.5 Å². The van der Waals surface area contributed by atoms with Crippen molar-refractivity contribution in [2.45, 2.75) is 85.3 Å². The number of rotatable bonds is 12. The van der Waals surface area contributed by atoms with Crippen LogP contribution in [0.1, 0.15) is 42.8 Å². The number of nitrogens with two attached hydrogens (primary N) is 2. The van der Waals surface area contributed by atoms with E-state index in [2.05, 4.69) is 30.6 Å². The lowest BCUT2D eigenvalue weighted by atomic mass is 9.44. The molecule has 2 saturated heterocycles. The van der Waals surface area contributed by atoms with Gasteiger partial charge in [-0.2, -0.15) is 0 Å². The van der Waals surface area contributed by atoms with Gasteiger partial charge in [0.1, 0.15) is 82.0 Å². The molecule has 0 aromatic carbocycles. The van der Waals surface area contributed by atoms with Crippen LogP contribution >= 0.6 is 0 Å². The van der Waals surface area contributed by atoms with E-state index < -0.39 is 65.0 Å². The van der Waals surface area contributed by atoms with Crippen molar-refractivity contribution in [1.29, 1.82) is 0 Å². The second-order valence-corrected chi connectivity index (χ2v) is 12.4. The summed E-state index contributed by atoms with van der Waals surface area (Å²) in [6.07, 6.45) is -5.66. The molecule has 2 aromatic rings. The Labute approximate surface area is 277 Å². The maximum atomic E-state index is 13.9. The summed E-state index contributed by atoms with van der Waals surface area (Å²) in [7, 11) is 38.0. The summed E-state index contributed by atoms with van der Waals surface area (Å²) in [6, 6.07) is 0. The van der Waals surface area contributed by atoms with Crippen LogP contribution in [-0.2, 0) is 30.1 Å². The molecule has 2 unspecified atom stereocenters. The fourth-order valence-electron chi connectivity index (χ4n) is 5.85. The van der Waals surface area contributed by atoms with E-state index in [1.165, 1.54) is 12.7 Å². The second kappa shape index (κ2) is 11.8. The molecule has 2 fully saturated rings. The first-order valence-electron chi connectivity index (χ1n) is 14.7. The Morgan fingerprint density at radius 1 is 0.894 bits per heavy atom. The van der Waals surface area contributed by atoms with E-state index in [4.69, 9.17) is 77.5 Å². The van der Waals surface area contributed by atoms with Gasteiger partial charge in [0.15, 0.2) is 6.17 Å². The summed E-state index contributed by atoms with van der Waals surface area (Å²) in [5, 5.41) is 11.6. The molecule has 0 spiro atoms. The summed E-state index contributed by atoms with van der Waals surface area (Å²) in [5.41, 5.74) is 10.4. The molecule has 9 atom stereocenters. The molecular formula is C26H28B6F2N8O5. The number of aromatic nitrogens is 4. The van der Waals surface area contributed by atoms with E-state index in [0.717, 1.165) is 0 Å². The van der Waals surface area contributed by atoms with E-state index in [-0.39, 0.29) is 42.2 Å². The van der Waals surface area contributed by atoms with Crippen LogP contribution in [-0.4, -0.2) is 139 Å². The first-order valence-corrected chi connectivity index (χ1v) is 14.7. The highest BCUT2D eigenvalue weighted by Gasteiger charge is 2.56. The van der Waals surface area contributed by atoms with Gasteiger partial charge < -0.3 is 46.2 Å². The van der Waals surface area contributed by atoms with Crippen molar-refractivity contribution >= 4 is 58.7 Å². The van der Waals surface area contributed by atoms with Gasteiger partial charge >= 0.3 is 0 Å². The fraction of sp³-hybridized carbons (Fsp3) is 0.615. The fourth-order valence-corrected chi connectivity index (χ4v) is 5.85. The molecule has 2 aliphatic heterocycles. The number of aliphatic hydroxyl groups excluding tert-OH is 1. The van der Waals surface area contributed by atoms with Crippen LogP contribution in [0.15, 0.2) is 23.6 Å². The van der Waals surface area contributed by atoms with Crippen molar-refractivity contribution in [3.05, 3.63) is 46.1 Å². The van der Waals surface area contributed by atoms with Gasteiger partial charge in [-0.25, -0.2) is 28.7 Å². The molecule has 12 radical (unpaired) electrons. The smallest absolute Gasteiger partial charge is 0.168 e. The Hall–Kier alpha value is -2.53. The number of ether oxygens (including phenoxy) is 4. The first kappa shape index (κ1) is 34.3. The summed E-state index contributed by atoms with van der Waals surface area (Å²) in [5.74, 6) is 0.349. The van der Waals surface area contributed by atoms with Crippen LogP contribution in [0.3, 0.4) is 0 Å². The molecule has 4 heterocycles. The maximum absolute atomic E-state index is 13.9. The van der Waals surface area contributed by atoms with E-state index in [1.807, 2.05) is 0 Å². The number of aliphatic hydroxyl groups is 1. The second-order valence-electron chi connectivity index (χ2n) is 12.4. The van der Waals surface area contributed by atoms with Crippen LogP contribution in [0.2, 0.25) is 0 Å². The third-order valence-corrected chi connectivity index (χ3v) is 8.90. The van der Waals surface area contributed by atoms with Gasteiger partial charge in [0, 0.05) is 6.42 Å². The quantitative estimate of drug-likeness (QED) is 0.152. The summed E-state index contributed by atoms with van der Waals surface area (Å²) in [6.45, 7) is 3.29. The molecule has 234 valence electrons. The Balaban J connectivity index is 1.13. The third kappa shape index (κ3) is 6.02. The van der Waals surface area contributed by atoms with Gasteiger partial charge in [-0.05, 0) is 24.5 Å². The van der Waals surface area contributed by atoms with Crippen molar-refractivity contribution in [1.82, 2.24) is 19.9 Å². The van der Waals surface area contributed by atoms with Gasteiger partial charge in [-0.15, -0.1) is 10.9 Å². The van der Waals surface area contributed by atoms with Crippen molar-refractivity contribution < 1.29 is 32.8 Å². The first-order chi connectivity index (χ1) is 21.9. The predicted molar refractivity (Wildman–Crippen MR) is 169 cm³/mol. The summed E-state index contributed by atoms with van der Waals surface area (Å²) in [4.78, 5) is 16.9. The molecule has 13 nitrogen and oxygen atoms in total. The summed E-state index contributed by atoms with van der Waals surface area (Å²) >= 11 is 0. The molecule has 2 aliphatic carbocycles. The molecule has 47 heavy (non-hydrogen) atoms. The third-order valence-electron chi connectivity index (χ3n) is 8.90. The Morgan fingerprint density at radius 2 is 1.38 bits per heavy atom. The maximum Gasteiger partial charge on any atom is 0.168 e. The molecule has 0 amide bonds. The van der Waals surface area contributed by atoms with E-state index in [1.54, 1.807) is 13.8 Å². The molecule has 0 bridgehead atoms. The number of anilines is 2. The molecular weight excluding hydrogens is 607 g/mol. The molecule has 6 rings (SSSR count). The predicted octanol–water partition coefficient (Wildman–Crippen LogP) is -2.70. The molecule has 7 N–H and O–H groups in total. The minimum atomic E-state index is -2.06. The normalized spacial score (nSPS) is 34.7. The molecule has 2 aromatic heterocycles. The number of nitrogens with zero attached hydrogens (tertiary/aromatic N) is 4. The van der Waals surface area contributed by atoms with Gasteiger partial charge in [-0.1, -0.05) is 0 Å². The number of alkyl halides is 2. The monoisotopic (exact) mass is 636 g/mol. The summed E-state index contributed by atoms with van der Waals surface area (Å²) < 4.78 is 50.3. The van der Waals surface area contributed by atoms with Crippen LogP contribution in [0, 0.1) is 0 Å². The Kier molecular flexibility index (Phi) is 8.63. The number of hydrogen-bond donors (Lipinski definition) is 5. The number of nitrogens with one attached hydrogen (secondary N) is 2. The van der Waals surface area contributed by atoms with Crippen LogP contribution < -0.4 is 22.1 Å². The van der Waals surface area contributed by atoms with E-state index in [0.29, 0.717) is 22.5 Å². The minimum Gasteiger partial charge on any atom is -0.387 e. The standard InChI is InChI=1S/C26H28B6F2N8O5/c1-23(44-4-8-3-9(33)19(35)46-8)11-17(23)37-6-39-21(11)41-25(29,30)15(27)16(28)26(31,32)42-22-12-18(38-7-40-22)24(12,2)45-5-10-14(43)13(34)20(36)47-10/h6-10,13-14,19-20,43H,3-5,35-36H2,1-2H3,(H,37,39,41)(H,38,40,42)/b16-15+/t8-,9+,10+,13+,14+,19+,20+,23?,24?/m0/s1. The highest BCUT2D eigenvalue weighted by molar-refractivity contribution is 6.55. The van der Waals surface area contributed by atoms with Crippen LogP contribution in [0.25, 0.3) is 0 Å². The SMILES string of the molecule is [B]/C(=C(/[B])C([B])([B])Nc1ncnc2c1C2(C)OC[C@H]1O[C@@H](N)[C@H](F)[C@@H]1O)C([B])([B])Nc1ncnc2c1C2(C)OC[C@@H]1C[C@@H](F)[C@H](N)O1. The average Bonchev–Trinajstić information content (AvgIpc) is 3.74. The van der Waals surface area contributed by atoms with Gasteiger partial charge in [0.25, 0.3) is 0 Å². The molecule has 4 aliphatic rings. The average molecular weight is 635 g/mol. The number of fused-ring (bicyclic) bond motifs is 2. The Morgan fingerprint density at radius 3 is 1.81 bits per heavy atom. The van der Waals surface area contributed by atoms with Crippen LogP contribution in [0.5, 0.6) is 0 Å². The van der Waals surface area contributed by atoms with E-state index in [9.17, 15) is 13.9 Å². The Bertz CT molecular complexity index is 1590. The van der Waals surface area contributed by atoms with Gasteiger partial charge in [0.05, 0.1) is 73.2 Å². The lowest BCUT2D eigenvalue weighted by Crippen LogP contribution is -2.49. The highest BCUT2D eigenvalue weighted by Crippen LogP contribution is 2.54. The van der Waals surface area contributed by atoms with Gasteiger partial charge in [-0.3, -0.25) is 0 Å². The molecule has 21 heteroatoms. The zero-order valence-electron chi connectivity index (χ0n) is 25.6. The zero-order chi connectivity index (χ0) is 34.3. The van der Waals surface area contributed by atoms with Crippen molar-refractivity contribution in [2.75, 3.05) is 23.8 Å². The highest BCUT2D eigenvalue weighted by atomic mass is 19.1. The lowest BCUT2D eigenvalue weighted by molar-refractivity contribution is -0.0744. The largest absolute Gasteiger partial charge is 0.387 e. The minimum absolute atomic E-state index is 0.0553. The molecule has 0 saturated carbocycles. The van der Waals surface area contributed by atoms with Gasteiger partial charge in [0.2, 0.25) is 0 Å². The topological polar surface area (TPSA) is 185 Å². The zero-order valence-corrected chi connectivity index (χ0v) is 25.6. The van der Waals surface area contributed by atoms with Crippen molar-refractivity contribution in [3.63, 3.8) is 0 Å². The number of halogens is 2. The van der Waals surface area contributed by atoms with Crippen molar-refractivity contribution in [3.8, 4) is 0 Å². The number of hydrogen-bond acceptors (Lipinski definition) is 13. The van der Waals surface area contributed by atoms with Crippen LogP contribution in [0.4, 0.5) is 20.4 Å². The lowest BCUT2D eigenvalue weighted by Gasteiger charge is -2.39. The van der Waals surface area contributed by atoms with E-state index >= 15 is 0 Å².